The summed E-state index contributed by atoms with van der Waals surface area (Å²) in [4.78, 5) is 0. The van der Waals surface area contributed by atoms with Crippen molar-refractivity contribution in [1.82, 2.24) is 0 Å². The smallest absolute Gasteiger partial charge is 0.431 e. The number of hydrogen-bond donors (Lipinski definition) is 0. The van der Waals surface area contributed by atoms with Crippen molar-refractivity contribution in [2.45, 2.75) is 30.9 Å². The fourth-order valence-electron chi connectivity index (χ4n) is 1.02. The van der Waals surface area contributed by atoms with E-state index in [1.54, 1.807) is 0 Å². The molecule has 106 valence electrons. The third-order valence-electron chi connectivity index (χ3n) is 2.08. The van der Waals surface area contributed by atoms with Crippen LogP contribution in [0.25, 0.3) is 0 Å². The normalized spacial score (nSPS) is 13.3. The van der Waals surface area contributed by atoms with Gasteiger partial charge in [0.2, 0.25) is 0 Å². The molecule has 0 spiro atoms. The van der Waals surface area contributed by atoms with E-state index in [1.165, 1.54) is 0 Å². The second-order valence-electron chi connectivity index (χ2n) is 3.42. The Morgan fingerprint density at radius 2 is 1.44 bits per heavy atom. The third kappa shape index (κ3) is 3.92. The molecule has 18 heavy (non-hydrogen) atoms. The van der Waals surface area contributed by atoms with E-state index >= 15 is 0 Å². The van der Waals surface area contributed by atoms with Crippen molar-refractivity contribution in [1.29, 1.82) is 0 Å². The van der Waals surface area contributed by atoms with Crippen molar-refractivity contribution in [3.8, 4) is 0 Å². The summed E-state index contributed by atoms with van der Waals surface area (Å²) in [5.41, 5.74) is -5.22. The number of allylic oxidation sites excluding steroid dienone is 1. The van der Waals surface area contributed by atoms with Gasteiger partial charge in [0.15, 0.2) is 0 Å². The molecule has 0 aromatic rings. The molecule has 0 fully saturated rings. The van der Waals surface area contributed by atoms with Gasteiger partial charge in [-0.3, -0.25) is 0 Å². The van der Waals surface area contributed by atoms with Gasteiger partial charge in [-0.15, -0.1) is 0 Å². The zero-order chi connectivity index (χ0) is 14.6. The predicted octanol–water partition coefficient (Wildman–Crippen LogP) is 4.32. The summed E-state index contributed by atoms with van der Waals surface area (Å²) in [5.74, 6) is -0.0153. The molecule has 0 aromatic carbocycles. The van der Waals surface area contributed by atoms with Crippen LogP contribution in [-0.4, -0.2) is 24.6 Å². The van der Waals surface area contributed by atoms with Crippen LogP contribution < -0.4 is 0 Å². The van der Waals surface area contributed by atoms with E-state index in [9.17, 15) is 30.7 Å². The summed E-state index contributed by atoms with van der Waals surface area (Å²) in [6, 6.07) is 0. The van der Waals surface area contributed by atoms with Crippen LogP contribution in [0.1, 0.15) is 12.8 Å². The Morgan fingerprint density at radius 3 is 1.78 bits per heavy atom. The minimum Gasteiger partial charge on any atom is -0.494 e. The molecule has 0 bridgehead atoms. The highest BCUT2D eigenvalue weighted by Crippen LogP contribution is 2.48. The van der Waals surface area contributed by atoms with E-state index < -0.39 is 37.5 Å². The van der Waals surface area contributed by atoms with Crippen LogP contribution in [0.15, 0.2) is 25.0 Å². The van der Waals surface area contributed by atoms with Gasteiger partial charge in [0, 0.05) is 6.42 Å². The molecule has 0 unspecified atom stereocenters. The Bertz CT molecular complexity index is 288. The highest BCUT2D eigenvalue weighted by atomic mass is 19.4. The van der Waals surface area contributed by atoms with Crippen LogP contribution in [0.2, 0.25) is 0 Å². The van der Waals surface area contributed by atoms with Crippen molar-refractivity contribution < 1.29 is 35.5 Å². The molecule has 0 radical (unpaired) electrons. The van der Waals surface area contributed by atoms with Gasteiger partial charge in [-0.05, 0) is 12.5 Å². The second-order valence-corrected chi connectivity index (χ2v) is 3.42. The molecule has 1 nitrogen and oxygen atoms in total. The lowest BCUT2D eigenvalue weighted by Crippen LogP contribution is -2.53. The lowest BCUT2D eigenvalue weighted by Gasteiger charge is -2.29. The second kappa shape index (κ2) is 5.62. The molecule has 8 heteroatoms. The summed E-state index contributed by atoms with van der Waals surface area (Å²) in [7, 11) is 0. The first-order valence-corrected chi connectivity index (χ1v) is 4.72. The number of hydrogen-bond acceptors (Lipinski definition) is 1. The zero-order valence-corrected chi connectivity index (χ0v) is 9.17. The van der Waals surface area contributed by atoms with E-state index in [0.717, 1.165) is 6.08 Å². The van der Waals surface area contributed by atoms with Crippen molar-refractivity contribution in [3.05, 3.63) is 25.0 Å². The maximum absolute atomic E-state index is 13.1. The highest BCUT2D eigenvalue weighted by Gasteiger charge is 2.71. The summed E-state index contributed by atoms with van der Waals surface area (Å²) in [6.07, 6.45) is -13.4. The van der Waals surface area contributed by atoms with Gasteiger partial charge in [0.05, 0.1) is 6.61 Å². The molecule has 0 saturated heterocycles. The van der Waals surface area contributed by atoms with Crippen LogP contribution in [0.4, 0.5) is 30.7 Å². The molecular weight excluding hydrogens is 269 g/mol. The predicted molar refractivity (Wildman–Crippen MR) is 50.5 cm³/mol. The molecule has 0 heterocycles. The lowest BCUT2D eigenvalue weighted by atomic mass is 9.98. The molecule has 0 aliphatic heterocycles. The number of halogens is 7. The summed E-state index contributed by atoms with van der Waals surface area (Å²) in [5, 5.41) is 0. The molecule has 0 N–H and O–H groups in total. The maximum Gasteiger partial charge on any atom is 0.431 e. The molecular formula is C10H11F7O. The Morgan fingerprint density at radius 1 is 1.00 bits per heavy atom. The Balaban J connectivity index is 4.57. The quantitative estimate of drug-likeness (QED) is 0.305. The van der Waals surface area contributed by atoms with Gasteiger partial charge in [0.1, 0.15) is 5.76 Å². The largest absolute Gasteiger partial charge is 0.494 e. The molecule has 0 rings (SSSR count). The van der Waals surface area contributed by atoms with E-state index in [4.69, 9.17) is 0 Å². The first kappa shape index (κ1) is 16.8. The summed E-state index contributed by atoms with van der Waals surface area (Å²) >= 11 is 0. The molecule has 0 atom stereocenters. The van der Waals surface area contributed by atoms with Crippen LogP contribution in [-0.2, 0) is 4.74 Å². The van der Waals surface area contributed by atoms with E-state index in [-0.39, 0.29) is 5.76 Å². The third-order valence-corrected chi connectivity index (χ3v) is 2.08. The first-order valence-electron chi connectivity index (χ1n) is 4.72. The van der Waals surface area contributed by atoms with Gasteiger partial charge in [-0.25, -0.2) is 4.39 Å². The SMILES string of the molecule is C=CC(=C)OCCCC(F)(C(F)(F)F)C(F)(F)F. The number of rotatable bonds is 6. The average Bonchev–Trinajstić information content (AvgIpc) is 2.20. The summed E-state index contributed by atoms with van der Waals surface area (Å²) in [6.45, 7) is 5.92. The topological polar surface area (TPSA) is 9.23 Å². The maximum atomic E-state index is 13.1. The van der Waals surface area contributed by atoms with Crippen LogP contribution in [0.3, 0.4) is 0 Å². The van der Waals surface area contributed by atoms with Crippen molar-refractivity contribution in [3.63, 3.8) is 0 Å². The highest BCUT2D eigenvalue weighted by molar-refractivity contribution is 5.01. The van der Waals surface area contributed by atoms with Gasteiger partial charge in [0.25, 0.3) is 5.67 Å². The number of alkyl halides is 7. The molecule has 0 aliphatic carbocycles. The Labute approximate surface area is 98.9 Å². The van der Waals surface area contributed by atoms with Crippen molar-refractivity contribution in [2.24, 2.45) is 0 Å². The van der Waals surface area contributed by atoms with E-state index in [0.29, 0.717) is 0 Å². The monoisotopic (exact) mass is 280 g/mol. The average molecular weight is 280 g/mol. The fourth-order valence-corrected chi connectivity index (χ4v) is 1.02. The minimum absolute atomic E-state index is 0.0153. The van der Waals surface area contributed by atoms with Crippen LogP contribution >= 0.6 is 0 Å². The van der Waals surface area contributed by atoms with Crippen molar-refractivity contribution in [2.75, 3.05) is 6.61 Å². The van der Waals surface area contributed by atoms with Crippen molar-refractivity contribution >= 4 is 0 Å². The van der Waals surface area contributed by atoms with E-state index in [2.05, 4.69) is 17.9 Å². The Hall–Kier alpha value is -1.21. The first-order chi connectivity index (χ1) is 7.95. The fraction of sp³-hybridized carbons (Fsp3) is 0.600. The van der Waals surface area contributed by atoms with Crippen LogP contribution in [0, 0.1) is 0 Å². The molecule has 0 aromatic heterocycles. The van der Waals surface area contributed by atoms with Gasteiger partial charge >= 0.3 is 12.4 Å². The standard InChI is InChI=1S/C10H11F7O/c1-3-7(2)18-6-4-5-8(11,9(12,13)14)10(15,16)17/h3H,1-2,4-6H2. The number of ether oxygens (including phenoxy) is 1. The molecule has 0 aliphatic rings. The van der Waals surface area contributed by atoms with Crippen LogP contribution in [0.5, 0.6) is 0 Å². The molecule has 0 amide bonds. The minimum atomic E-state index is -6.01. The van der Waals surface area contributed by atoms with Gasteiger partial charge < -0.3 is 4.74 Å². The summed E-state index contributed by atoms with van der Waals surface area (Å²) < 4.78 is 90.2. The van der Waals surface area contributed by atoms with Gasteiger partial charge in [-0.1, -0.05) is 13.2 Å². The molecule has 0 saturated carbocycles. The zero-order valence-electron chi connectivity index (χ0n) is 9.17. The Kier molecular flexibility index (Phi) is 5.24. The van der Waals surface area contributed by atoms with E-state index in [1.807, 2.05) is 0 Å². The van der Waals surface area contributed by atoms with Gasteiger partial charge in [-0.2, -0.15) is 26.3 Å². The lowest BCUT2D eigenvalue weighted by molar-refractivity contribution is -0.343.